The third-order valence-corrected chi connectivity index (χ3v) is 2.44. The summed E-state index contributed by atoms with van der Waals surface area (Å²) in [5, 5.41) is 8.47. The lowest BCUT2D eigenvalue weighted by molar-refractivity contribution is -0.131. The van der Waals surface area contributed by atoms with Gasteiger partial charge in [0.2, 0.25) is 0 Å². The summed E-state index contributed by atoms with van der Waals surface area (Å²) < 4.78 is 18.5. The highest BCUT2D eigenvalue weighted by molar-refractivity contribution is 7.98. The summed E-state index contributed by atoms with van der Waals surface area (Å²) in [5.74, 6) is -0.295. The molecule has 0 radical (unpaired) electrons. The molecule has 1 aromatic rings. The molecule has 0 aliphatic heterocycles. The molecule has 0 aliphatic carbocycles. The average Bonchev–Trinajstić information content (AvgIpc) is 2.26. The van der Waals surface area contributed by atoms with Crippen LogP contribution in [0.1, 0.15) is 5.56 Å². The molecule has 0 aromatic heterocycles. The van der Waals surface area contributed by atoms with E-state index in [1.165, 1.54) is 18.2 Å². The van der Waals surface area contributed by atoms with E-state index in [0.29, 0.717) is 17.9 Å². The van der Waals surface area contributed by atoms with Crippen LogP contribution in [-0.2, 0) is 4.79 Å². The molecule has 0 heterocycles. The van der Waals surface area contributed by atoms with Crippen LogP contribution >= 0.6 is 11.8 Å². The molecule has 0 aliphatic rings. The number of carboxylic acids is 1. The van der Waals surface area contributed by atoms with Gasteiger partial charge in [0.1, 0.15) is 11.6 Å². The molecule has 17 heavy (non-hydrogen) atoms. The van der Waals surface area contributed by atoms with Crippen molar-refractivity contribution in [2.45, 2.75) is 0 Å². The number of carboxylic acid groups (broad SMARTS) is 1. The molecule has 0 amide bonds. The summed E-state index contributed by atoms with van der Waals surface area (Å²) in [5.41, 5.74) is 0.464. The number of carbonyl (C=O) groups is 1. The molecular weight excluding hydrogens is 243 g/mol. The third-order valence-electron chi connectivity index (χ3n) is 1.87. The van der Waals surface area contributed by atoms with Crippen LogP contribution in [0, 0.1) is 5.82 Å². The first-order valence-corrected chi connectivity index (χ1v) is 6.34. The first-order chi connectivity index (χ1) is 8.11. The number of ether oxygens (including phenoxy) is 1. The fourth-order valence-electron chi connectivity index (χ4n) is 1.17. The lowest BCUT2D eigenvalue weighted by Crippen LogP contribution is -2.00. The van der Waals surface area contributed by atoms with E-state index < -0.39 is 11.8 Å². The highest BCUT2D eigenvalue weighted by Crippen LogP contribution is 2.17. The second-order valence-electron chi connectivity index (χ2n) is 3.23. The molecule has 0 saturated heterocycles. The number of benzene rings is 1. The van der Waals surface area contributed by atoms with Crippen LogP contribution in [0.4, 0.5) is 4.39 Å². The lowest BCUT2D eigenvalue weighted by Gasteiger charge is -2.06. The van der Waals surface area contributed by atoms with Gasteiger partial charge in [0.05, 0.1) is 6.61 Å². The number of hydrogen-bond acceptors (Lipinski definition) is 3. The van der Waals surface area contributed by atoms with Gasteiger partial charge in [-0.2, -0.15) is 11.8 Å². The SMILES string of the molecule is CSCCOc1cc(F)cc(/C=C/C(=O)O)c1. The lowest BCUT2D eigenvalue weighted by atomic mass is 10.2. The molecular formula is C12H13FO3S. The number of rotatable bonds is 6. The van der Waals surface area contributed by atoms with Gasteiger partial charge in [-0.1, -0.05) is 0 Å². The first-order valence-electron chi connectivity index (χ1n) is 4.95. The van der Waals surface area contributed by atoms with Crippen molar-refractivity contribution < 1.29 is 19.0 Å². The summed E-state index contributed by atoms with van der Waals surface area (Å²) in [6, 6.07) is 4.13. The van der Waals surface area contributed by atoms with E-state index in [0.717, 1.165) is 11.8 Å². The van der Waals surface area contributed by atoms with Crippen molar-refractivity contribution in [2.75, 3.05) is 18.6 Å². The summed E-state index contributed by atoms with van der Waals surface area (Å²) in [4.78, 5) is 10.3. The van der Waals surface area contributed by atoms with Crippen LogP contribution in [-0.4, -0.2) is 29.7 Å². The maximum atomic E-state index is 13.2. The number of hydrogen-bond donors (Lipinski definition) is 1. The van der Waals surface area contributed by atoms with Crippen LogP contribution in [0.5, 0.6) is 5.75 Å². The third kappa shape index (κ3) is 5.40. The average molecular weight is 256 g/mol. The topological polar surface area (TPSA) is 46.5 Å². The van der Waals surface area contributed by atoms with E-state index in [4.69, 9.17) is 9.84 Å². The zero-order valence-electron chi connectivity index (χ0n) is 9.35. The van der Waals surface area contributed by atoms with E-state index in [2.05, 4.69) is 0 Å². The van der Waals surface area contributed by atoms with Gasteiger partial charge in [0.25, 0.3) is 0 Å². The molecule has 0 bridgehead atoms. The second-order valence-corrected chi connectivity index (χ2v) is 4.22. The zero-order chi connectivity index (χ0) is 12.7. The van der Waals surface area contributed by atoms with Gasteiger partial charge in [0.15, 0.2) is 0 Å². The Morgan fingerprint density at radius 2 is 2.29 bits per heavy atom. The van der Waals surface area contributed by atoms with Crippen LogP contribution in [0.2, 0.25) is 0 Å². The minimum atomic E-state index is -1.07. The Morgan fingerprint density at radius 3 is 2.94 bits per heavy atom. The van der Waals surface area contributed by atoms with Crippen molar-refractivity contribution in [1.82, 2.24) is 0 Å². The molecule has 0 saturated carbocycles. The maximum Gasteiger partial charge on any atom is 0.328 e. The van der Waals surface area contributed by atoms with Crippen LogP contribution in [0.25, 0.3) is 6.08 Å². The van der Waals surface area contributed by atoms with Crippen molar-refractivity contribution in [1.29, 1.82) is 0 Å². The predicted octanol–water partition coefficient (Wildman–Crippen LogP) is 2.67. The summed E-state index contributed by atoms with van der Waals surface area (Å²) in [6.07, 6.45) is 4.24. The monoisotopic (exact) mass is 256 g/mol. The number of halogens is 1. The van der Waals surface area contributed by atoms with Gasteiger partial charge in [-0.3, -0.25) is 0 Å². The van der Waals surface area contributed by atoms with Crippen molar-refractivity contribution in [3.05, 3.63) is 35.7 Å². The van der Waals surface area contributed by atoms with Crippen molar-refractivity contribution in [2.24, 2.45) is 0 Å². The van der Waals surface area contributed by atoms with Gasteiger partial charge < -0.3 is 9.84 Å². The van der Waals surface area contributed by atoms with Crippen molar-refractivity contribution >= 4 is 23.8 Å². The van der Waals surface area contributed by atoms with E-state index in [9.17, 15) is 9.18 Å². The second kappa shape index (κ2) is 6.96. The molecule has 0 atom stereocenters. The fraction of sp³-hybridized carbons (Fsp3) is 0.250. The quantitative estimate of drug-likeness (QED) is 0.628. The molecule has 0 unspecified atom stereocenters. The van der Waals surface area contributed by atoms with Gasteiger partial charge in [-0.25, -0.2) is 9.18 Å². The normalized spacial score (nSPS) is 10.7. The van der Waals surface area contributed by atoms with Gasteiger partial charge in [0, 0.05) is 17.9 Å². The Bertz CT molecular complexity index is 418. The standard InChI is InChI=1S/C12H13FO3S/c1-17-5-4-16-11-7-9(2-3-12(14)15)6-10(13)8-11/h2-3,6-8H,4-5H2,1H3,(H,14,15)/b3-2+. The molecule has 3 nitrogen and oxygen atoms in total. The molecule has 0 spiro atoms. The van der Waals surface area contributed by atoms with Crippen LogP contribution in [0.15, 0.2) is 24.3 Å². The smallest absolute Gasteiger partial charge is 0.328 e. The molecule has 1 rings (SSSR count). The molecule has 1 N–H and O–H groups in total. The fourth-order valence-corrected chi connectivity index (χ4v) is 1.42. The van der Waals surface area contributed by atoms with Gasteiger partial charge in [-0.15, -0.1) is 0 Å². The molecule has 92 valence electrons. The van der Waals surface area contributed by atoms with E-state index in [1.807, 2.05) is 6.26 Å². The van der Waals surface area contributed by atoms with Crippen molar-refractivity contribution in [3.8, 4) is 5.75 Å². The van der Waals surface area contributed by atoms with Gasteiger partial charge in [-0.05, 0) is 30.0 Å². The Kier molecular flexibility index (Phi) is 5.56. The van der Waals surface area contributed by atoms with Crippen molar-refractivity contribution in [3.63, 3.8) is 0 Å². The minimum absolute atomic E-state index is 0.407. The largest absolute Gasteiger partial charge is 0.493 e. The summed E-state index contributed by atoms with van der Waals surface area (Å²) in [7, 11) is 0. The Balaban J connectivity index is 2.75. The molecule has 1 aromatic carbocycles. The van der Waals surface area contributed by atoms with Crippen LogP contribution < -0.4 is 4.74 Å². The first kappa shape index (κ1) is 13.6. The van der Waals surface area contributed by atoms with Gasteiger partial charge >= 0.3 is 5.97 Å². The Morgan fingerprint density at radius 1 is 1.53 bits per heavy atom. The maximum absolute atomic E-state index is 13.2. The number of thioether (sulfide) groups is 1. The summed E-state index contributed by atoms with van der Waals surface area (Å²) >= 11 is 1.63. The number of aliphatic carboxylic acids is 1. The highest BCUT2D eigenvalue weighted by Gasteiger charge is 2.00. The minimum Gasteiger partial charge on any atom is -0.493 e. The Hall–Kier alpha value is -1.49. The Labute approximate surface area is 103 Å². The van der Waals surface area contributed by atoms with E-state index in [1.54, 1.807) is 17.8 Å². The van der Waals surface area contributed by atoms with E-state index >= 15 is 0 Å². The molecule has 5 heteroatoms. The molecule has 0 fully saturated rings. The van der Waals surface area contributed by atoms with E-state index in [-0.39, 0.29) is 0 Å². The zero-order valence-corrected chi connectivity index (χ0v) is 10.2. The summed E-state index contributed by atoms with van der Waals surface area (Å²) in [6.45, 7) is 0.493. The predicted molar refractivity (Wildman–Crippen MR) is 66.9 cm³/mol. The highest BCUT2D eigenvalue weighted by atomic mass is 32.2. The van der Waals surface area contributed by atoms with Crippen LogP contribution in [0.3, 0.4) is 0 Å².